The summed E-state index contributed by atoms with van der Waals surface area (Å²) < 4.78 is 11.1. The predicted molar refractivity (Wildman–Crippen MR) is 116 cm³/mol. The minimum Gasteiger partial charge on any atom is -0.486 e. The molecule has 30 heavy (non-hydrogen) atoms. The summed E-state index contributed by atoms with van der Waals surface area (Å²) in [5, 5.41) is 9.37. The number of hydrogen-bond acceptors (Lipinski definition) is 7. The number of anilines is 3. The maximum Gasteiger partial charge on any atom is 0.319 e. The second-order valence-electron chi connectivity index (χ2n) is 7.78. The molecule has 9 heteroatoms. The van der Waals surface area contributed by atoms with Crippen LogP contribution in [0.2, 0.25) is 0 Å². The van der Waals surface area contributed by atoms with Crippen LogP contribution in [0.15, 0.2) is 30.5 Å². The van der Waals surface area contributed by atoms with E-state index in [1.54, 1.807) is 12.3 Å². The molecule has 160 valence electrons. The van der Waals surface area contributed by atoms with E-state index >= 15 is 0 Å². The zero-order valence-electron chi connectivity index (χ0n) is 17.4. The Hall–Kier alpha value is -3.23. The number of rotatable bonds is 5. The molecule has 2 aromatic rings. The van der Waals surface area contributed by atoms with Crippen LogP contribution in [0.3, 0.4) is 0 Å². The van der Waals surface area contributed by atoms with Crippen molar-refractivity contribution in [2.45, 2.75) is 37.8 Å². The summed E-state index contributed by atoms with van der Waals surface area (Å²) in [6.07, 6.45) is 5.47. The summed E-state index contributed by atoms with van der Waals surface area (Å²) in [4.78, 5) is 23.2. The van der Waals surface area contributed by atoms with Gasteiger partial charge >= 0.3 is 6.03 Å². The van der Waals surface area contributed by atoms with Gasteiger partial charge in [-0.25, -0.2) is 9.78 Å². The lowest BCUT2D eigenvalue weighted by atomic mass is 9.91. The lowest BCUT2D eigenvalue weighted by molar-refractivity contribution is 0.171. The molecule has 0 saturated heterocycles. The molecular formula is C21H28N6O3. The second-order valence-corrected chi connectivity index (χ2v) is 7.78. The minimum atomic E-state index is -0.204. The number of benzene rings is 1. The highest BCUT2D eigenvalue weighted by atomic mass is 16.6. The van der Waals surface area contributed by atoms with Crippen molar-refractivity contribution in [2.24, 2.45) is 0 Å². The number of urea groups is 1. The van der Waals surface area contributed by atoms with E-state index in [1.165, 1.54) is 0 Å². The summed E-state index contributed by atoms with van der Waals surface area (Å²) in [5.41, 5.74) is 0.685. The molecule has 2 heterocycles. The Morgan fingerprint density at radius 1 is 1.03 bits per heavy atom. The van der Waals surface area contributed by atoms with Gasteiger partial charge in [0.2, 0.25) is 5.95 Å². The highest BCUT2D eigenvalue weighted by molar-refractivity contribution is 5.89. The molecule has 9 nitrogen and oxygen atoms in total. The van der Waals surface area contributed by atoms with E-state index in [2.05, 4.69) is 25.9 Å². The van der Waals surface area contributed by atoms with E-state index < -0.39 is 0 Å². The molecule has 2 amide bonds. The first-order valence-electron chi connectivity index (χ1n) is 10.3. The van der Waals surface area contributed by atoms with E-state index in [4.69, 9.17) is 9.47 Å². The number of nitrogens with zero attached hydrogens (tertiary/aromatic N) is 3. The third kappa shape index (κ3) is 5.03. The van der Waals surface area contributed by atoms with Gasteiger partial charge in [-0.2, -0.15) is 4.98 Å². The van der Waals surface area contributed by atoms with Crippen molar-refractivity contribution in [3.05, 3.63) is 30.5 Å². The van der Waals surface area contributed by atoms with Crippen LogP contribution in [-0.4, -0.2) is 55.4 Å². The van der Waals surface area contributed by atoms with Crippen molar-refractivity contribution in [1.82, 2.24) is 15.3 Å². The Labute approximate surface area is 176 Å². The van der Waals surface area contributed by atoms with Gasteiger partial charge in [0.1, 0.15) is 19.0 Å². The van der Waals surface area contributed by atoms with Gasteiger partial charge in [0.25, 0.3) is 0 Å². The number of carbonyl (C=O) groups excluding carboxylic acids is 1. The SMILES string of the molecule is CN(C)c1ccnc(N[C@H]2CC[C@@H](NC(=O)Nc3ccc4c(c3)OCCO4)CC2)n1. The fourth-order valence-corrected chi connectivity index (χ4v) is 3.71. The first-order valence-corrected chi connectivity index (χ1v) is 10.3. The number of amides is 2. The minimum absolute atomic E-state index is 0.147. The van der Waals surface area contributed by atoms with E-state index in [1.807, 2.05) is 37.2 Å². The number of fused-ring (bicyclic) bond motifs is 1. The highest BCUT2D eigenvalue weighted by Gasteiger charge is 2.23. The van der Waals surface area contributed by atoms with E-state index in [0.717, 1.165) is 31.5 Å². The second kappa shape index (κ2) is 9.06. The van der Waals surface area contributed by atoms with Crippen molar-refractivity contribution in [1.29, 1.82) is 0 Å². The van der Waals surface area contributed by atoms with Gasteiger partial charge in [0.15, 0.2) is 11.5 Å². The van der Waals surface area contributed by atoms with Crippen molar-refractivity contribution < 1.29 is 14.3 Å². The smallest absolute Gasteiger partial charge is 0.319 e. The monoisotopic (exact) mass is 412 g/mol. The van der Waals surface area contributed by atoms with Crippen molar-refractivity contribution in [2.75, 3.05) is 42.8 Å². The van der Waals surface area contributed by atoms with Crippen LogP contribution in [0.1, 0.15) is 25.7 Å². The molecule has 1 aliphatic carbocycles. The molecule has 1 aliphatic heterocycles. The maximum atomic E-state index is 12.4. The zero-order valence-corrected chi connectivity index (χ0v) is 17.4. The predicted octanol–water partition coefficient (Wildman–Crippen LogP) is 2.86. The van der Waals surface area contributed by atoms with Gasteiger partial charge in [-0.15, -0.1) is 0 Å². The molecule has 0 bridgehead atoms. The highest BCUT2D eigenvalue weighted by Crippen LogP contribution is 2.32. The molecule has 0 unspecified atom stereocenters. The van der Waals surface area contributed by atoms with Gasteiger partial charge in [-0.3, -0.25) is 0 Å². The van der Waals surface area contributed by atoms with E-state index in [-0.39, 0.29) is 12.1 Å². The molecule has 1 aromatic carbocycles. The van der Waals surface area contributed by atoms with Crippen LogP contribution in [0, 0.1) is 0 Å². The molecule has 3 N–H and O–H groups in total. The van der Waals surface area contributed by atoms with Crippen LogP contribution in [0.25, 0.3) is 0 Å². The summed E-state index contributed by atoms with van der Waals surface area (Å²) in [6, 6.07) is 7.55. The zero-order chi connectivity index (χ0) is 20.9. The lowest BCUT2D eigenvalue weighted by Gasteiger charge is -2.29. The molecule has 0 radical (unpaired) electrons. The van der Waals surface area contributed by atoms with Crippen LogP contribution >= 0.6 is 0 Å². The number of nitrogens with one attached hydrogen (secondary N) is 3. The molecule has 0 atom stereocenters. The van der Waals surface area contributed by atoms with Crippen molar-refractivity contribution in [3.63, 3.8) is 0 Å². The number of hydrogen-bond donors (Lipinski definition) is 3. The Bertz CT molecular complexity index is 883. The first-order chi connectivity index (χ1) is 14.6. The van der Waals surface area contributed by atoms with Crippen molar-refractivity contribution in [3.8, 4) is 11.5 Å². The molecular weight excluding hydrogens is 384 g/mol. The lowest BCUT2D eigenvalue weighted by Crippen LogP contribution is -2.42. The normalized spacial score (nSPS) is 20.2. The summed E-state index contributed by atoms with van der Waals surface area (Å²) >= 11 is 0. The Kier molecular flexibility index (Phi) is 6.06. The Morgan fingerprint density at radius 3 is 2.53 bits per heavy atom. The quantitative estimate of drug-likeness (QED) is 0.694. The van der Waals surface area contributed by atoms with Gasteiger partial charge in [-0.1, -0.05) is 0 Å². The van der Waals surface area contributed by atoms with Gasteiger partial charge < -0.3 is 30.3 Å². The van der Waals surface area contributed by atoms with Crippen LogP contribution < -0.4 is 30.3 Å². The molecule has 2 aliphatic rings. The molecule has 0 spiro atoms. The van der Waals surface area contributed by atoms with E-state index in [0.29, 0.717) is 42.4 Å². The number of ether oxygens (including phenoxy) is 2. The van der Waals surface area contributed by atoms with Crippen LogP contribution in [0.4, 0.5) is 22.2 Å². The number of carbonyl (C=O) groups is 1. The van der Waals surface area contributed by atoms with Crippen molar-refractivity contribution >= 4 is 23.5 Å². The van der Waals surface area contributed by atoms with Crippen LogP contribution in [0.5, 0.6) is 11.5 Å². The third-order valence-electron chi connectivity index (χ3n) is 5.29. The average Bonchev–Trinajstić information content (AvgIpc) is 2.75. The van der Waals surface area contributed by atoms with Gasteiger partial charge in [0, 0.05) is 44.1 Å². The fraction of sp³-hybridized carbons (Fsp3) is 0.476. The number of aromatic nitrogens is 2. The van der Waals surface area contributed by atoms with Gasteiger partial charge in [-0.05, 0) is 43.9 Å². The summed E-state index contributed by atoms with van der Waals surface area (Å²) in [7, 11) is 3.91. The van der Waals surface area contributed by atoms with E-state index in [9.17, 15) is 4.79 Å². The Balaban J connectivity index is 1.23. The summed E-state index contributed by atoms with van der Waals surface area (Å²) in [5.74, 6) is 2.89. The standard InChI is InChI=1S/C21H28N6O3/c1-27(2)19-9-10-22-20(26-19)23-14-3-5-15(6-4-14)24-21(28)25-16-7-8-17-18(13-16)30-12-11-29-17/h7-10,13-15H,3-6,11-12H2,1-2H3,(H,22,23,26)(H2,24,25,28)/t14-,15+. The third-order valence-corrected chi connectivity index (χ3v) is 5.29. The summed E-state index contributed by atoms with van der Waals surface area (Å²) in [6.45, 7) is 1.06. The largest absolute Gasteiger partial charge is 0.486 e. The topological polar surface area (TPSA) is 101 Å². The van der Waals surface area contributed by atoms with Crippen LogP contribution in [-0.2, 0) is 0 Å². The van der Waals surface area contributed by atoms with Gasteiger partial charge in [0.05, 0.1) is 0 Å². The Morgan fingerprint density at radius 2 is 1.77 bits per heavy atom. The molecule has 1 aromatic heterocycles. The molecule has 4 rings (SSSR count). The average molecular weight is 412 g/mol. The molecule has 1 saturated carbocycles. The fourth-order valence-electron chi connectivity index (χ4n) is 3.71. The maximum absolute atomic E-state index is 12.4. The molecule has 1 fully saturated rings. The first kappa shape index (κ1) is 20.1.